The molecule has 1 N–H and O–H groups in total. The number of halogens is 1. The number of aromatic nitrogens is 6. The quantitative estimate of drug-likeness (QED) is 0.462. The lowest BCUT2D eigenvalue weighted by Gasteiger charge is -2.08. The number of nitrogens with zero attached hydrogens (tertiary/aromatic N) is 6. The van der Waals surface area contributed by atoms with E-state index in [0.29, 0.717) is 27.7 Å². The fraction of sp³-hybridized carbons (Fsp3) is 0.0870. The summed E-state index contributed by atoms with van der Waals surface area (Å²) in [6, 6.07) is 15.6. The van der Waals surface area contributed by atoms with E-state index >= 15 is 0 Å². The first-order chi connectivity index (χ1) is 15.6. The number of rotatable bonds is 5. The van der Waals surface area contributed by atoms with E-state index in [2.05, 4.69) is 25.5 Å². The molecule has 3 aromatic heterocycles. The van der Waals surface area contributed by atoms with Crippen LogP contribution in [0.4, 0.5) is 10.3 Å². The molecule has 0 saturated carbocycles. The van der Waals surface area contributed by atoms with Crippen LogP contribution >= 0.6 is 0 Å². The van der Waals surface area contributed by atoms with E-state index in [-0.39, 0.29) is 24.2 Å². The van der Waals surface area contributed by atoms with Gasteiger partial charge in [0, 0.05) is 29.8 Å². The Kier molecular flexibility index (Phi) is 4.91. The number of fused-ring (bicyclic) bond motifs is 1. The topological polar surface area (TPSA) is 90.5 Å². The van der Waals surface area contributed by atoms with Crippen LogP contribution in [0, 0.1) is 5.82 Å². The molecule has 5 aromatic rings. The van der Waals surface area contributed by atoms with Gasteiger partial charge in [0.2, 0.25) is 5.95 Å². The molecule has 0 aliphatic rings. The molecule has 9 heteroatoms. The number of carbonyl (C=O) groups excluding carboxylic acids is 1. The highest BCUT2D eigenvalue weighted by atomic mass is 19.1. The van der Waals surface area contributed by atoms with E-state index < -0.39 is 0 Å². The number of anilines is 1. The van der Waals surface area contributed by atoms with Crippen molar-refractivity contribution in [2.24, 2.45) is 7.05 Å². The van der Waals surface area contributed by atoms with Crippen LogP contribution in [0.2, 0.25) is 0 Å². The number of hydrogen-bond donors (Lipinski definition) is 1. The van der Waals surface area contributed by atoms with Gasteiger partial charge in [0.25, 0.3) is 5.91 Å². The van der Waals surface area contributed by atoms with Gasteiger partial charge in [-0.2, -0.15) is 5.10 Å². The molecule has 0 aliphatic heterocycles. The van der Waals surface area contributed by atoms with Crippen LogP contribution in [0.1, 0.15) is 15.9 Å². The molecular formula is C23H18FN7O. The molecule has 0 spiro atoms. The normalized spacial score (nSPS) is 11.1. The maximum atomic E-state index is 13.9. The first-order valence-electron chi connectivity index (χ1n) is 9.90. The summed E-state index contributed by atoms with van der Waals surface area (Å²) in [6.45, 7) is 0.207. The van der Waals surface area contributed by atoms with Crippen molar-refractivity contribution in [3.8, 4) is 11.3 Å². The fourth-order valence-corrected chi connectivity index (χ4v) is 3.46. The van der Waals surface area contributed by atoms with Crippen LogP contribution in [0.15, 0.2) is 73.3 Å². The van der Waals surface area contributed by atoms with Gasteiger partial charge in [-0.15, -0.1) is 5.10 Å². The van der Waals surface area contributed by atoms with E-state index in [1.165, 1.54) is 17.1 Å². The van der Waals surface area contributed by atoms with Crippen LogP contribution in [0.5, 0.6) is 0 Å². The number of amides is 1. The maximum Gasteiger partial charge on any atom is 0.258 e. The second-order valence-electron chi connectivity index (χ2n) is 7.29. The summed E-state index contributed by atoms with van der Waals surface area (Å²) in [5.41, 5.74) is 3.06. The van der Waals surface area contributed by atoms with E-state index in [0.717, 1.165) is 5.56 Å². The van der Waals surface area contributed by atoms with Crippen molar-refractivity contribution in [2.75, 3.05) is 5.32 Å². The summed E-state index contributed by atoms with van der Waals surface area (Å²) in [4.78, 5) is 21.9. The van der Waals surface area contributed by atoms with Crippen molar-refractivity contribution < 1.29 is 9.18 Å². The number of aryl methyl sites for hydroxylation is 1. The van der Waals surface area contributed by atoms with Crippen molar-refractivity contribution in [2.45, 2.75) is 6.54 Å². The minimum absolute atomic E-state index is 0.134. The summed E-state index contributed by atoms with van der Waals surface area (Å²) in [7, 11) is 1.82. The Balaban J connectivity index is 1.44. The summed E-state index contributed by atoms with van der Waals surface area (Å²) in [5, 5.41) is 11.9. The number of pyridine rings is 1. The third-order valence-electron chi connectivity index (χ3n) is 5.01. The van der Waals surface area contributed by atoms with Crippen LogP contribution in [0.3, 0.4) is 0 Å². The van der Waals surface area contributed by atoms with Gasteiger partial charge >= 0.3 is 0 Å². The standard InChI is InChI=1S/C23H18FN7O/c1-30-12-16(11-26-30)21-10-18(17-7-3-5-9-20(17)27-21)22(32)28-23-25-14-31(29-23)13-15-6-2-4-8-19(15)24/h2-12,14H,13H2,1H3,(H,28,29,32). The molecule has 1 amide bonds. The Hall–Kier alpha value is -4.40. The average molecular weight is 427 g/mol. The Morgan fingerprint density at radius 3 is 2.75 bits per heavy atom. The van der Waals surface area contributed by atoms with Crippen molar-refractivity contribution in [3.63, 3.8) is 0 Å². The molecule has 0 aliphatic carbocycles. The molecule has 158 valence electrons. The largest absolute Gasteiger partial charge is 0.289 e. The highest BCUT2D eigenvalue weighted by Crippen LogP contribution is 2.25. The lowest BCUT2D eigenvalue weighted by Crippen LogP contribution is -2.14. The molecule has 0 atom stereocenters. The minimum Gasteiger partial charge on any atom is -0.289 e. The molecule has 8 nitrogen and oxygen atoms in total. The van der Waals surface area contributed by atoms with Gasteiger partial charge < -0.3 is 0 Å². The molecule has 0 saturated heterocycles. The summed E-state index contributed by atoms with van der Waals surface area (Å²) in [5.74, 6) is -0.549. The molecule has 0 radical (unpaired) electrons. The Bertz CT molecular complexity index is 1440. The summed E-state index contributed by atoms with van der Waals surface area (Å²) >= 11 is 0. The first-order valence-corrected chi connectivity index (χ1v) is 9.90. The summed E-state index contributed by atoms with van der Waals surface area (Å²) in [6.07, 6.45) is 4.99. The number of carbonyl (C=O) groups is 1. The SMILES string of the molecule is Cn1cc(-c2cc(C(=O)Nc3ncn(Cc4ccccc4F)n3)c3ccccc3n2)cn1. The van der Waals surface area contributed by atoms with Crippen LogP contribution in [0.25, 0.3) is 22.2 Å². The summed E-state index contributed by atoms with van der Waals surface area (Å²) < 4.78 is 17.0. The van der Waals surface area contributed by atoms with Crippen LogP contribution in [-0.4, -0.2) is 35.4 Å². The lowest BCUT2D eigenvalue weighted by molar-refractivity contribution is 0.102. The second kappa shape index (κ2) is 8.03. The van der Waals surface area contributed by atoms with E-state index in [9.17, 15) is 9.18 Å². The Morgan fingerprint density at radius 2 is 1.94 bits per heavy atom. The Morgan fingerprint density at radius 1 is 1.12 bits per heavy atom. The van der Waals surface area contributed by atoms with Gasteiger partial charge in [0.05, 0.1) is 29.5 Å². The van der Waals surface area contributed by atoms with E-state index in [4.69, 9.17) is 0 Å². The smallest absolute Gasteiger partial charge is 0.258 e. The molecular weight excluding hydrogens is 409 g/mol. The predicted octanol–water partition coefficient (Wildman–Crippen LogP) is 3.67. The predicted molar refractivity (Wildman–Crippen MR) is 117 cm³/mol. The Labute approximate surface area is 182 Å². The zero-order valence-electron chi connectivity index (χ0n) is 17.1. The number of benzene rings is 2. The second-order valence-corrected chi connectivity index (χ2v) is 7.29. The number of para-hydroxylation sites is 1. The fourth-order valence-electron chi connectivity index (χ4n) is 3.46. The first kappa shape index (κ1) is 19.6. The van der Waals surface area contributed by atoms with Gasteiger partial charge in [0.15, 0.2) is 0 Å². The van der Waals surface area contributed by atoms with Gasteiger partial charge in [-0.1, -0.05) is 36.4 Å². The van der Waals surface area contributed by atoms with Gasteiger partial charge in [-0.25, -0.2) is 19.0 Å². The molecule has 0 fully saturated rings. The highest BCUT2D eigenvalue weighted by molar-refractivity contribution is 6.12. The zero-order valence-corrected chi connectivity index (χ0v) is 17.1. The third-order valence-corrected chi connectivity index (χ3v) is 5.01. The number of hydrogen-bond acceptors (Lipinski definition) is 5. The van der Waals surface area contributed by atoms with E-state index in [1.54, 1.807) is 35.1 Å². The molecule has 5 rings (SSSR count). The minimum atomic E-state index is -0.364. The molecule has 32 heavy (non-hydrogen) atoms. The molecule has 2 aromatic carbocycles. The molecule has 0 unspecified atom stereocenters. The number of nitrogens with one attached hydrogen (secondary N) is 1. The third kappa shape index (κ3) is 3.83. The molecule has 0 bridgehead atoms. The van der Waals surface area contributed by atoms with Crippen molar-refractivity contribution in [1.82, 2.24) is 29.5 Å². The van der Waals surface area contributed by atoms with Crippen molar-refractivity contribution >= 4 is 22.8 Å². The van der Waals surface area contributed by atoms with Crippen LogP contribution < -0.4 is 5.32 Å². The van der Waals surface area contributed by atoms with Crippen LogP contribution in [-0.2, 0) is 13.6 Å². The lowest BCUT2D eigenvalue weighted by atomic mass is 10.1. The highest BCUT2D eigenvalue weighted by Gasteiger charge is 2.16. The molecule has 3 heterocycles. The van der Waals surface area contributed by atoms with Crippen molar-refractivity contribution in [1.29, 1.82) is 0 Å². The van der Waals surface area contributed by atoms with Gasteiger partial charge in [-0.3, -0.25) is 14.8 Å². The van der Waals surface area contributed by atoms with Gasteiger partial charge in [-0.05, 0) is 18.2 Å². The maximum absolute atomic E-state index is 13.9. The monoisotopic (exact) mass is 427 g/mol. The van der Waals surface area contributed by atoms with E-state index in [1.807, 2.05) is 37.5 Å². The average Bonchev–Trinajstić information content (AvgIpc) is 3.43. The zero-order chi connectivity index (χ0) is 22.1. The van der Waals surface area contributed by atoms with Crippen molar-refractivity contribution in [3.05, 3.63) is 90.3 Å². The van der Waals surface area contributed by atoms with Gasteiger partial charge in [0.1, 0.15) is 12.1 Å².